The van der Waals surface area contributed by atoms with Crippen LogP contribution in [0, 0.1) is 23.2 Å². The third kappa shape index (κ3) is 3.76. The molecule has 4 unspecified atom stereocenters. The molecule has 1 saturated heterocycles. The topological polar surface area (TPSA) is 29.3 Å². The molecule has 1 saturated carbocycles. The minimum absolute atomic E-state index is 0.456. The van der Waals surface area contributed by atoms with Gasteiger partial charge in [0.05, 0.1) is 0 Å². The summed E-state index contributed by atoms with van der Waals surface area (Å²) in [5.74, 6) is 2.54. The lowest BCUT2D eigenvalue weighted by Gasteiger charge is -2.48. The fourth-order valence-corrected chi connectivity index (χ4v) is 4.45. The van der Waals surface area contributed by atoms with E-state index in [0.29, 0.717) is 5.41 Å². The number of piperidine rings is 1. The monoisotopic (exact) mass is 280 g/mol. The number of nitrogens with two attached hydrogens (primary N) is 1. The largest absolute Gasteiger partial charge is 0.330 e. The summed E-state index contributed by atoms with van der Waals surface area (Å²) in [5.41, 5.74) is 6.55. The Morgan fingerprint density at radius 3 is 2.50 bits per heavy atom. The maximum Gasteiger partial charge on any atom is 0.0138 e. The van der Waals surface area contributed by atoms with Crippen LogP contribution in [0.25, 0.3) is 0 Å². The predicted octanol–water partition coefficient (Wildman–Crippen LogP) is 3.90. The van der Waals surface area contributed by atoms with Crippen LogP contribution in [0.5, 0.6) is 0 Å². The molecule has 1 heterocycles. The molecule has 0 bridgehead atoms. The second kappa shape index (κ2) is 6.79. The van der Waals surface area contributed by atoms with Crippen molar-refractivity contribution < 1.29 is 0 Å². The van der Waals surface area contributed by atoms with Crippen molar-refractivity contribution in [3.63, 3.8) is 0 Å². The lowest BCUT2D eigenvalue weighted by atomic mass is 9.67. The third-order valence-corrected chi connectivity index (χ3v) is 6.08. The Hall–Kier alpha value is -0.0800. The van der Waals surface area contributed by atoms with Gasteiger partial charge in [-0.1, -0.05) is 34.1 Å². The van der Waals surface area contributed by atoms with E-state index in [1.165, 1.54) is 51.6 Å². The highest BCUT2D eigenvalue weighted by molar-refractivity contribution is 4.92. The predicted molar refractivity (Wildman–Crippen MR) is 87.7 cm³/mol. The van der Waals surface area contributed by atoms with Gasteiger partial charge in [0, 0.05) is 12.6 Å². The molecule has 1 aliphatic carbocycles. The van der Waals surface area contributed by atoms with Gasteiger partial charge in [-0.25, -0.2) is 0 Å². The molecule has 4 atom stereocenters. The van der Waals surface area contributed by atoms with Crippen molar-refractivity contribution in [2.24, 2.45) is 28.9 Å². The molecule has 0 radical (unpaired) electrons. The summed E-state index contributed by atoms with van der Waals surface area (Å²) >= 11 is 0. The van der Waals surface area contributed by atoms with Crippen LogP contribution in [0.3, 0.4) is 0 Å². The smallest absolute Gasteiger partial charge is 0.0138 e. The molecule has 1 aliphatic heterocycles. The van der Waals surface area contributed by atoms with Crippen molar-refractivity contribution >= 4 is 0 Å². The van der Waals surface area contributed by atoms with Crippen molar-refractivity contribution in [3.05, 3.63) is 0 Å². The van der Waals surface area contributed by atoms with Crippen LogP contribution in [-0.2, 0) is 0 Å². The number of hydrogen-bond donors (Lipinski definition) is 1. The van der Waals surface area contributed by atoms with Crippen molar-refractivity contribution in [1.29, 1.82) is 0 Å². The Bertz CT molecular complexity index is 294. The first kappa shape index (κ1) is 16.3. The highest BCUT2D eigenvalue weighted by Crippen LogP contribution is 2.42. The highest BCUT2D eigenvalue weighted by atomic mass is 15.2. The van der Waals surface area contributed by atoms with Crippen LogP contribution in [0.2, 0.25) is 0 Å². The molecule has 0 amide bonds. The van der Waals surface area contributed by atoms with E-state index >= 15 is 0 Å². The van der Waals surface area contributed by atoms with Gasteiger partial charge in [0.15, 0.2) is 0 Å². The fourth-order valence-electron chi connectivity index (χ4n) is 4.45. The average molecular weight is 280 g/mol. The number of nitrogens with zero attached hydrogens (tertiary/aromatic N) is 1. The first-order valence-electron chi connectivity index (χ1n) is 8.89. The van der Waals surface area contributed by atoms with Gasteiger partial charge in [0.1, 0.15) is 0 Å². The zero-order valence-electron chi connectivity index (χ0n) is 14.2. The van der Waals surface area contributed by atoms with Crippen LogP contribution < -0.4 is 5.73 Å². The normalized spacial score (nSPS) is 37.0. The van der Waals surface area contributed by atoms with E-state index in [2.05, 4.69) is 32.6 Å². The summed E-state index contributed by atoms with van der Waals surface area (Å²) in [5, 5.41) is 0. The lowest BCUT2D eigenvalue weighted by Crippen LogP contribution is -2.51. The Balaban J connectivity index is 2.04. The summed E-state index contributed by atoms with van der Waals surface area (Å²) in [6, 6.07) is 0.757. The molecule has 0 aromatic rings. The lowest BCUT2D eigenvalue weighted by molar-refractivity contribution is 0.0210. The Morgan fingerprint density at radius 2 is 1.90 bits per heavy atom. The number of rotatable bonds is 3. The summed E-state index contributed by atoms with van der Waals surface area (Å²) < 4.78 is 0. The van der Waals surface area contributed by atoms with Crippen LogP contribution in [0.4, 0.5) is 0 Å². The van der Waals surface area contributed by atoms with Crippen molar-refractivity contribution in [2.45, 2.75) is 72.3 Å². The molecule has 2 rings (SSSR count). The minimum atomic E-state index is 0.456. The molecule has 0 aromatic heterocycles. The molecule has 118 valence electrons. The Labute approximate surface area is 126 Å². The Morgan fingerprint density at radius 1 is 1.15 bits per heavy atom. The van der Waals surface area contributed by atoms with Crippen molar-refractivity contribution in [2.75, 3.05) is 19.6 Å². The van der Waals surface area contributed by atoms with Crippen molar-refractivity contribution in [3.8, 4) is 0 Å². The van der Waals surface area contributed by atoms with Crippen LogP contribution in [-0.4, -0.2) is 30.6 Å². The van der Waals surface area contributed by atoms with Gasteiger partial charge >= 0.3 is 0 Å². The molecule has 0 aromatic carbocycles. The standard InChI is InChI=1S/C18H36N2/c1-5-14-7-6-10-20(13-14)17-11-16(18(2,3)4)9-8-15(17)12-19/h14-17H,5-13,19H2,1-4H3. The molecule has 20 heavy (non-hydrogen) atoms. The van der Waals surface area contributed by atoms with Gasteiger partial charge in [-0.2, -0.15) is 0 Å². The quantitative estimate of drug-likeness (QED) is 0.849. The van der Waals surface area contributed by atoms with Gasteiger partial charge in [0.2, 0.25) is 0 Å². The third-order valence-electron chi connectivity index (χ3n) is 6.08. The summed E-state index contributed by atoms with van der Waals surface area (Å²) in [6.07, 6.45) is 8.28. The van der Waals surface area contributed by atoms with E-state index < -0.39 is 0 Å². The van der Waals surface area contributed by atoms with Crippen LogP contribution in [0.1, 0.15) is 66.2 Å². The summed E-state index contributed by atoms with van der Waals surface area (Å²) in [6.45, 7) is 13.1. The summed E-state index contributed by atoms with van der Waals surface area (Å²) in [7, 11) is 0. The van der Waals surface area contributed by atoms with E-state index in [0.717, 1.165) is 30.3 Å². The molecule has 2 fully saturated rings. The molecule has 2 nitrogen and oxygen atoms in total. The van der Waals surface area contributed by atoms with E-state index in [-0.39, 0.29) is 0 Å². The zero-order valence-corrected chi connectivity index (χ0v) is 14.2. The second-order valence-electron chi connectivity index (χ2n) is 8.35. The Kier molecular flexibility index (Phi) is 5.53. The first-order valence-corrected chi connectivity index (χ1v) is 8.89. The molecular weight excluding hydrogens is 244 g/mol. The number of hydrogen-bond acceptors (Lipinski definition) is 2. The second-order valence-corrected chi connectivity index (χ2v) is 8.35. The summed E-state index contributed by atoms with van der Waals surface area (Å²) in [4.78, 5) is 2.81. The minimum Gasteiger partial charge on any atom is -0.330 e. The molecule has 2 heteroatoms. The SMILES string of the molecule is CCC1CCCN(C2CC(C(C)(C)C)CCC2CN)C1. The fraction of sp³-hybridized carbons (Fsp3) is 1.00. The van der Waals surface area contributed by atoms with Gasteiger partial charge in [0.25, 0.3) is 0 Å². The van der Waals surface area contributed by atoms with Gasteiger partial charge in [-0.3, -0.25) is 4.90 Å². The van der Waals surface area contributed by atoms with Crippen LogP contribution >= 0.6 is 0 Å². The van der Waals surface area contributed by atoms with Crippen molar-refractivity contribution in [1.82, 2.24) is 4.90 Å². The molecular formula is C18H36N2. The van der Waals surface area contributed by atoms with E-state index in [1.54, 1.807) is 0 Å². The molecule has 2 N–H and O–H groups in total. The molecule has 2 aliphatic rings. The zero-order chi connectivity index (χ0) is 14.8. The average Bonchev–Trinajstić information content (AvgIpc) is 2.45. The first-order chi connectivity index (χ1) is 9.45. The van der Waals surface area contributed by atoms with Crippen LogP contribution in [0.15, 0.2) is 0 Å². The van der Waals surface area contributed by atoms with E-state index in [1.807, 2.05) is 0 Å². The highest BCUT2D eigenvalue weighted by Gasteiger charge is 2.38. The van der Waals surface area contributed by atoms with E-state index in [4.69, 9.17) is 5.73 Å². The van der Waals surface area contributed by atoms with E-state index in [9.17, 15) is 0 Å². The van der Waals surface area contributed by atoms with Gasteiger partial charge < -0.3 is 5.73 Å². The number of likely N-dealkylation sites (tertiary alicyclic amines) is 1. The maximum atomic E-state index is 6.10. The van der Waals surface area contributed by atoms with Gasteiger partial charge in [-0.15, -0.1) is 0 Å². The maximum absolute atomic E-state index is 6.10. The van der Waals surface area contributed by atoms with Gasteiger partial charge in [-0.05, 0) is 68.4 Å². The molecule has 0 spiro atoms.